The van der Waals surface area contributed by atoms with Gasteiger partial charge in [0.1, 0.15) is 0 Å². The summed E-state index contributed by atoms with van der Waals surface area (Å²) in [5.41, 5.74) is 1.56. The van der Waals surface area contributed by atoms with E-state index in [0.29, 0.717) is 5.56 Å². The average molecular weight is 283 g/mol. The molecule has 0 saturated heterocycles. The number of carbonyl (C=O) groups is 1. The molecule has 0 unspecified atom stereocenters. The van der Waals surface area contributed by atoms with E-state index in [1.807, 2.05) is 6.07 Å². The largest absolute Gasteiger partial charge is 0.390 e. The number of nitrogens with one attached hydrogen (secondary N) is 1. The van der Waals surface area contributed by atoms with E-state index in [2.05, 4.69) is 10.3 Å². The van der Waals surface area contributed by atoms with Crippen LogP contribution in [0.5, 0.6) is 0 Å². The molecular weight excluding hydrogens is 264 g/mol. The first-order valence-corrected chi connectivity index (χ1v) is 7.19. The smallest absolute Gasteiger partial charge is 0.251 e. The molecule has 2 N–H and O–H groups in total. The lowest BCUT2D eigenvalue weighted by Gasteiger charge is -2.24. The van der Waals surface area contributed by atoms with Crippen LogP contribution in [0.3, 0.4) is 0 Å². The van der Waals surface area contributed by atoms with Crippen LogP contribution in [0.25, 0.3) is 0 Å². The second-order valence-corrected chi connectivity index (χ2v) is 5.36. The van der Waals surface area contributed by atoms with Crippen molar-refractivity contribution >= 4 is 17.5 Å². The molecule has 0 radical (unpaired) electrons. The number of amides is 1. The summed E-state index contributed by atoms with van der Waals surface area (Å²) in [4.78, 5) is 16.2. The van der Waals surface area contributed by atoms with Crippen molar-refractivity contribution in [3.8, 4) is 0 Å². The summed E-state index contributed by atoms with van der Waals surface area (Å²) in [5.74, 6) is 0.647. The van der Waals surface area contributed by atoms with Gasteiger partial charge in [-0.1, -0.05) is 19.3 Å². The van der Waals surface area contributed by atoms with Crippen molar-refractivity contribution in [2.45, 2.75) is 31.8 Å². The molecule has 2 rings (SSSR count). The molecule has 1 amide bonds. The maximum atomic E-state index is 11.9. The molecule has 1 heterocycles. The molecule has 1 aliphatic carbocycles. The van der Waals surface area contributed by atoms with Crippen LogP contribution in [0.2, 0.25) is 0 Å². The summed E-state index contributed by atoms with van der Waals surface area (Å²) in [5, 5.41) is 12.0. The molecule has 0 bridgehead atoms. The van der Waals surface area contributed by atoms with Gasteiger partial charge >= 0.3 is 0 Å². The molecule has 1 fully saturated rings. The number of rotatable bonds is 6. The second-order valence-electron chi connectivity index (χ2n) is 5.06. The number of pyridine rings is 1. The minimum Gasteiger partial charge on any atom is -0.390 e. The monoisotopic (exact) mass is 282 g/mol. The zero-order valence-corrected chi connectivity index (χ0v) is 11.6. The van der Waals surface area contributed by atoms with Gasteiger partial charge in [-0.15, -0.1) is 11.6 Å². The van der Waals surface area contributed by atoms with Gasteiger partial charge in [0.2, 0.25) is 0 Å². The normalized spacial score (nSPS) is 16.7. The molecule has 4 nitrogen and oxygen atoms in total. The fourth-order valence-electron chi connectivity index (χ4n) is 2.09. The predicted molar refractivity (Wildman–Crippen MR) is 74.3 cm³/mol. The summed E-state index contributed by atoms with van der Waals surface area (Å²) in [7, 11) is 0. The number of aliphatic hydroxyl groups is 1. The molecule has 1 aromatic heterocycles. The number of alkyl halides is 1. The summed E-state index contributed by atoms with van der Waals surface area (Å²) in [6.45, 7) is 0.169. The molecule has 1 aliphatic rings. The number of carbonyl (C=O) groups excluding carboxylic acids is 1. The van der Waals surface area contributed by atoms with E-state index in [0.717, 1.165) is 18.0 Å². The molecule has 1 atom stereocenters. The van der Waals surface area contributed by atoms with Gasteiger partial charge in [-0.05, 0) is 24.5 Å². The van der Waals surface area contributed by atoms with E-state index < -0.39 is 6.10 Å². The molecule has 5 heteroatoms. The second kappa shape index (κ2) is 6.87. The Morgan fingerprint density at radius 1 is 1.58 bits per heavy atom. The van der Waals surface area contributed by atoms with E-state index in [4.69, 9.17) is 11.6 Å². The lowest BCUT2D eigenvalue weighted by atomic mass is 9.82. The molecule has 104 valence electrons. The molecule has 0 spiro atoms. The quantitative estimate of drug-likeness (QED) is 0.782. The molecule has 0 aromatic carbocycles. The Labute approximate surface area is 118 Å². The SMILES string of the molecule is O=C(NC[C@H](O)CCl)c1ccnc(CC2CCC2)c1. The van der Waals surface area contributed by atoms with E-state index in [9.17, 15) is 9.90 Å². The minimum absolute atomic E-state index is 0.115. The topological polar surface area (TPSA) is 62.2 Å². The van der Waals surface area contributed by atoms with Gasteiger partial charge in [-0.3, -0.25) is 9.78 Å². The van der Waals surface area contributed by atoms with E-state index >= 15 is 0 Å². The highest BCUT2D eigenvalue weighted by Crippen LogP contribution is 2.29. The third-order valence-corrected chi connectivity index (χ3v) is 3.83. The standard InChI is InChI=1S/C14H19ClN2O2/c15-8-13(18)9-17-14(19)11-4-5-16-12(7-11)6-10-2-1-3-10/h4-5,7,10,13,18H,1-3,6,8-9H2,(H,17,19)/t13-/m1/s1. The van der Waals surface area contributed by atoms with E-state index in [-0.39, 0.29) is 18.3 Å². The molecule has 0 aliphatic heterocycles. The van der Waals surface area contributed by atoms with Gasteiger partial charge in [0.05, 0.1) is 12.0 Å². The third-order valence-electron chi connectivity index (χ3n) is 3.48. The Morgan fingerprint density at radius 2 is 2.37 bits per heavy atom. The van der Waals surface area contributed by atoms with Crippen LogP contribution in [0.1, 0.15) is 35.3 Å². The Hall–Kier alpha value is -1.13. The first-order chi connectivity index (χ1) is 9.19. The number of nitrogens with zero attached hydrogens (tertiary/aromatic N) is 1. The van der Waals surface area contributed by atoms with Gasteiger partial charge in [-0.25, -0.2) is 0 Å². The molecule has 19 heavy (non-hydrogen) atoms. The highest BCUT2D eigenvalue weighted by Gasteiger charge is 2.18. The molecule has 1 saturated carbocycles. The predicted octanol–water partition coefficient (Wildman–Crippen LogP) is 1.75. The number of aromatic nitrogens is 1. The Bertz CT molecular complexity index is 435. The average Bonchev–Trinajstić information content (AvgIpc) is 2.40. The van der Waals surface area contributed by atoms with Crippen LogP contribution in [0.4, 0.5) is 0 Å². The van der Waals surface area contributed by atoms with Gasteiger partial charge in [0, 0.05) is 24.0 Å². The van der Waals surface area contributed by atoms with Crippen LogP contribution in [0.15, 0.2) is 18.3 Å². The van der Waals surface area contributed by atoms with Crippen LogP contribution in [-0.4, -0.2) is 34.5 Å². The van der Waals surface area contributed by atoms with Gasteiger partial charge in [0.25, 0.3) is 5.91 Å². The summed E-state index contributed by atoms with van der Waals surface area (Å²) >= 11 is 5.48. The summed E-state index contributed by atoms with van der Waals surface area (Å²) < 4.78 is 0. The van der Waals surface area contributed by atoms with Crippen molar-refractivity contribution in [2.24, 2.45) is 5.92 Å². The fourth-order valence-corrected chi connectivity index (χ4v) is 2.20. The Morgan fingerprint density at radius 3 is 3.00 bits per heavy atom. The molecular formula is C14H19ClN2O2. The van der Waals surface area contributed by atoms with Crippen molar-refractivity contribution in [2.75, 3.05) is 12.4 Å². The van der Waals surface area contributed by atoms with E-state index in [1.54, 1.807) is 12.3 Å². The van der Waals surface area contributed by atoms with Gasteiger partial charge in [0.15, 0.2) is 0 Å². The highest BCUT2D eigenvalue weighted by atomic mass is 35.5. The number of hydrogen-bond donors (Lipinski definition) is 2. The van der Waals surface area contributed by atoms with E-state index in [1.165, 1.54) is 19.3 Å². The minimum atomic E-state index is -0.707. The Kier molecular flexibility index (Phi) is 5.16. The highest BCUT2D eigenvalue weighted by molar-refractivity contribution is 6.18. The summed E-state index contributed by atoms with van der Waals surface area (Å²) in [6.07, 6.45) is 5.75. The fraction of sp³-hybridized carbons (Fsp3) is 0.571. The lowest BCUT2D eigenvalue weighted by Crippen LogP contribution is -2.33. The van der Waals surface area contributed by atoms with Crippen molar-refractivity contribution in [1.82, 2.24) is 10.3 Å². The van der Waals surface area contributed by atoms with Gasteiger partial charge in [-0.2, -0.15) is 0 Å². The van der Waals surface area contributed by atoms with Crippen molar-refractivity contribution in [3.63, 3.8) is 0 Å². The first-order valence-electron chi connectivity index (χ1n) is 6.66. The molecule has 1 aromatic rings. The first kappa shape index (κ1) is 14.3. The maximum absolute atomic E-state index is 11.9. The van der Waals surface area contributed by atoms with Crippen molar-refractivity contribution < 1.29 is 9.90 Å². The van der Waals surface area contributed by atoms with Crippen LogP contribution < -0.4 is 5.32 Å². The van der Waals surface area contributed by atoms with Crippen molar-refractivity contribution in [3.05, 3.63) is 29.6 Å². The van der Waals surface area contributed by atoms with Crippen LogP contribution >= 0.6 is 11.6 Å². The number of hydrogen-bond acceptors (Lipinski definition) is 3. The summed E-state index contributed by atoms with van der Waals surface area (Å²) in [6, 6.07) is 3.52. The van der Waals surface area contributed by atoms with Crippen LogP contribution in [-0.2, 0) is 6.42 Å². The zero-order valence-electron chi connectivity index (χ0n) is 10.8. The number of aliphatic hydroxyl groups excluding tert-OH is 1. The Balaban J connectivity index is 1.91. The zero-order chi connectivity index (χ0) is 13.7. The van der Waals surface area contributed by atoms with Crippen molar-refractivity contribution in [1.29, 1.82) is 0 Å². The lowest BCUT2D eigenvalue weighted by molar-refractivity contribution is 0.0925. The van der Waals surface area contributed by atoms with Crippen LogP contribution in [0, 0.1) is 5.92 Å². The number of halogens is 1. The maximum Gasteiger partial charge on any atom is 0.251 e. The van der Waals surface area contributed by atoms with Gasteiger partial charge < -0.3 is 10.4 Å². The third kappa shape index (κ3) is 4.18.